The molecular weight excluding hydrogens is 324 g/mol. The van der Waals surface area contributed by atoms with Gasteiger partial charge in [-0.2, -0.15) is 0 Å². The second-order valence-electron chi connectivity index (χ2n) is 3.27. The highest BCUT2D eigenvalue weighted by Crippen LogP contribution is 2.30. The first-order chi connectivity index (χ1) is 8.13. The van der Waals surface area contributed by atoms with Gasteiger partial charge in [0.25, 0.3) is 0 Å². The number of ether oxygens (including phenoxy) is 1. The number of ketones is 1. The molecule has 2 rings (SSSR count). The van der Waals surface area contributed by atoms with E-state index >= 15 is 0 Å². The van der Waals surface area contributed by atoms with Gasteiger partial charge < -0.3 is 4.74 Å². The van der Waals surface area contributed by atoms with E-state index in [-0.39, 0.29) is 5.78 Å². The minimum absolute atomic E-state index is 0.0691. The molecule has 0 atom stereocenters. The molecule has 2 nitrogen and oxygen atoms in total. The number of carbonyl (C=O) groups is 1. The number of rotatable bonds is 3. The Hall–Kier alpha value is -0.840. The van der Waals surface area contributed by atoms with Crippen molar-refractivity contribution in [1.29, 1.82) is 0 Å². The predicted octanol–water partition coefficient (Wildman–Crippen LogP) is 4.40. The van der Waals surface area contributed by atoms with E-state index in [1.165, 1.54) is 18.4 Å². The van der Waals surface area contributed by atoms with Crippen molar-refractivity contribution < 1.29 is 9.53 Å². The van der Waals surface area contributed by atoms with Crippen LogP contribution in [0.2, 0.25) is 5.02 Å². The summed E-state index contributed by atoms with van der Waals surface area (Å²) >= 11 is 10.6. The first-order valence-corrected chi connectivity index (χ1v) is 6.79. The second kappa shape index (κ2) is 5.21. The molecule has 2 aromatic rings. The van der Waals surface area contributed by atoms with Crippen LogP contribution in [0, 0.1) is 0 Å². The summed E-state index contributed by atoms with van der Waals surface area (Å²) in [6, 6.07) is 6.84. The molecule has 1 aromatic carbocycles. The predicted molar refractivity (Wildman–Crippen MR) is 73.5 cm³/mol. The van der Waals surface area contributed by atoms with Crippen molar-refractivity contribution in [3.05, 3.63) is 49.6 Å². The first kappa shape index (κ1) is 12.6. The van der Waals surface area contributed by atoms with Gasteiger partial charge in [-0.25, -0.2) is 0 Å². The zero-order valence-corrected chi connectivity index (χ0v) is 12.0. The van der Waals surface area contributed by atoms with Gasteiger partial charge in [0.1, 0.15) is 5.75 Å². The van der Waals surface area contributed by atoms with Crippen molar-refractivity contribution in [3.8, 4) is 5.75 Å². The molecule has 0 unspecified atom stereocenters. The van der Waals surface area contributed by atoms with E-state index in [0.29, 0.717) is 21.2 Å². The fourth-order valence-corrected chi connectivity index (χ4v) is 3.10. The highest BCUT2D eigenvalue weighted by molar-refractivity contribution is 9.10. The Morgan fingerprint density at radius 3 is 2.76 bits per heavy atom. The van der Waals surface area contributed by atoms with E-state index in [0.717, 1.165) is 4.47 Å². The molecule has 1 aromatic heterocycles. The van der Waals surface area contributed by atoms with Crippen LogP contribution >= 0.6 is 38.9 Å². The van der Waals surface area contributed by atoms with E-state index in [4.69, 9.17) is 16.3 Å². The van der Waals surface area contributed by atoms with Crippen LogP contribution in [0.4, 0.5) is 0 Å². The van der Waals surface area contributed by atoms with E-state index in [9.17, 15) is 4.79 Å². The van der Waals surface area contributed by atoms with Crippen LogP contribution in [-0.4, -0.2) is 12.9 Å². The van der Waals surface area contributed by atoms with Gasteiger partial charge in [0.15, 0.2) is 0 Å². The molecule has 0 fully saturated rings. The van der Waals surface area contributed by atoms with Crippen LogP contribution in [-0.2, 0) is 0 Å². The lowest BCUT2D eigenvalue weighted by atomic mass is 10.1. The molecule has 0 aliphatic heterocycles. The normalized spacial score (nSPS) is 10.3. The van der Waals surface area contributed by atoms with Crippen LogP contribution in [0.1, 0.15) is 15.2 Å². The zero-order chi connectivity index (χ0) is 12.4. The minimum Gasteiger partial charge on any atom is -0.496 e. The molecule has 0 spiro atoms. The van der Waals surface area contributed by atoms with Crippen LogP contribution in [0.5, 0.6) is 5.75 Å². The summed E-state index contributed by atoms with van der Waals surface area (Å²) in [7, 11) is 1.52. The monoisotopic (exact) mass is 330 g/mol. The standard InChI is InChI=1S/C12H8BrClO2S/c1-16-10-6-7(14)2-3-8(10)11(15)12-9(13)4-5-17-12/h2-6H,1H3. The summed E-state index contributed by atoms with van der Waals surface area (Å²) in [6.45, 7) is 0. The van der Waals surface area contributed by atoms with Gasteiger partial charge in [-0.05, 0) is 45.6 Å². The maximum atomic E-state index is 12.3. The molecule has 0 amide bonds. The maximum absolute atomic E-state index is 12.3. The maximum Gasteiger partial charge on any atom is 0.207 e. The average molecular weight is 332 g/mol. The molecular formula is C12H8BrClO2S. The van der Waals surface area contributed by atoms with Crippen molar-refractivity contribution in [1.82, 2.24) is 0 Å². The molecule has 88 valence electrons. The second-order valence-corrected chi connectivity index (χ2v) is 5.48. The van der Waals surface area contributed by atoms with E-state index < -0.39 is 0 Å². The van der Waals surface area contributed by atoms with Gasteiger partial charge in [-0.1, -0.05) is 11.6 Å². The lowest BCUT2D eigenvalue weighted by Crippen LogP contribution is -2.02. The van der Waals surface area contributed by atoms with Crippen molar-refractivity contribution >= 4 is 44.7 Å². The molecule has 5 heteroatoms. The van der Waals surface area contributed by atoms with Crippen LogP contribution in [0.25, 0.3) is 0 Å². The highest BCUT2D eigenvalue weighted by atomic mass is 79.9. The van der Waals surface area contributed by atoms with Gasteiger partial charge >= 0.3 is 0 Å². The van der Waals surface area contributed by atoms with Gasteiger partial charge in [0.2, 0.25) is 5.78 Å². The molecule has 0 aliphatic carbocycles. The number of benzene rings is 1. The molecule has 0 saturated carbocycles. The Bertz CT molecular complexity index is 565. The van der Waals surface area contributed by atoms with E-state index in [2.05, 4.69) is 15.9 Å². The third-order valence-corrected chi connectivity index (χ3v) is 4.30. The molecule has 17 heavy (non-hydrogen) atoms. The fraction of sp³-hybridized carbons (Fsp3) is 0.0833. The SMILES string of the molecule is COc1cc(Cl)ccc1C(=O)c1sccc1Br. The number of methoxy groups -OCH3 is 1. The number of carbonyl (C=O) groups excluding carboxylic acids is 1. The molecule has 0 N–H and O–H groups in total. The lowest BCUT2D eigenvalue weighted by molar-refractivity contribution is 0.103. The quantitative estimate of drug-likeness (QED) is 0.779. The smallest absolute Gasteiger partial charge is 0.207 e. The van der Waals surface area contributed by atoms with Crippen molar-refractivity contribution in [2.24, 2.45) is 0 Å². The van der Waals surface area contributed by atoms with E-state index in [1.807, 2.05) is 11.4 Å². The molecule has 0 saturated heterocycles. The Labute approximate surface area is 116 Å². The first-order valence-electron chi connectivity index (χ1n) is 4.74. The summed E-state index contributed by atoms with van der Waals surface area (Å²) in [4.78, 5) is 12.9. The van der Waals surface area contributed by atoms with Crippen molar-refractivity contribution in [3.63, 3.8) is 0 Å². The van der Waals surface area contributed by atoms with Crippen molar-refractivity contribution in [2.75, 3.05) is 7.11 Å². The summed E-state index contributed by atoms with van der Waals surface area (Å²) in [6.07, 6.45) is 0. The van der Waals surface area contributed by atoms with Gasteiger partial charge in [0.05, 0.1) is 17.6 Å². The Kier molecular flexibility index (Phi) is 3.86. The topological polar surface area (TPSA) is 26.3 Å². The largest absolute Gasteiger partial charge is 0.496 e. The Morgan fingerprint density at radius 1 is 1.41 bits per heavy atom. The van der Waals surface area contributed by atoms with Crippen LogP contribution < -0.4 is 4.74 Å². The molecule has 0 aliphatic rings. The Balaban J connectivity index is 2.48. The Morgan fingerprint density at radius 2 is 2.18 bits per heavy atom. The fourth-order valence-electron chi connectivity index (χ4n) is 1.43. The summed E-state index contributed by atoms with van der Waals surface area (Å²) in [5, 5.41) is 2.41. The molecule has 0 radical (unpaired) electrons. The summed E-state index contributed by atoms with van der Waals surface area (Å²) in [5.74, 6) is 0.420. The van der Waals surface area contributed by atoms with Crippen LogP contribution in [0.3, 0.4) is 0 Å². The van der Waals surface area contributed by atoms with Gasteiger partial charge in [0, 0.05) is 9.50 Å². The van der Waals surface area contributed by atoms with Gasteiger partial charge in [-0.15, -0.1) is 11.3 Å². The highest BCUT2D eigenvalue weighted by Gasteiger charge is 2.18. The molecule has 1 heterocycles. The number of hydrogen-bond acceptors (Lipinski definition) is 3. The average Bonchev–Trinajstić information content (AvgIpc) is 2.74. The summed E-state index contributed by atoms with van der Waals surface area (Å²) < 4.78 is 5.97. The third-order valence-electron chi connectivity index (χ3n) is 2.23. The molecule has 0 bridgehead atoms. The lowest BCUT2D eigenvalue weighted by Gasteiger charge is -2.07. The number of halogens is 2. The van der Waals surface area contributed by atoms with Crippen LogP contribution in [0.15, 0.2) is 34.1 Å². The zero-order valence-electron chi connectivity index (χ0n) is 8.87. The minimum atomic E-state index is -0.0691. The van der Waals surface area contributed by atoms with E-state index in [1.54, 1.807) is 18.2 Å². The van der Waals surface area contributed by atoms with Gasteiger partial charge in [-0.3, -0.25) is 4.79 Å². The third kappa shape index (κ3) is 2.54. The number of thiophene rings is 1. The number of hydrogen-bond donors (Lipinski definition) is 0. The van der Waals surface area contributed by atoms with Crippen molar-refractivity contribution in [2.45, 2.75) is 0 Å². The summed E-state index contributed by atoms with van der Waals surface area (Å²) in [5.41, 5.74) is 0.514.